The molecule has 0 aliphatic carbocycles. The predicted molar refractivity (Wildman–Crippen MR) is 60.6 cm³/mol. The molecule has 76 valence electrons. The number of rotatable bonds is 5. The van der Waals surface area contributed by atoms with Gasteiger partial charge in [-0.2, -0.15) is 0 Å². The van der Waals surface area contributed by atoms with Crippen molar-refractivity contribution >= 4 is 10.0 Å². The van der Waals surface area contributed by atoms with Gasteiger partial charge in [-0.3, -0.25) is 0 Å². The van der Waals surface area contributed by atoms with Gasteiger partial charge in [0.25, 0.3) is 0 Å². The highest BCUT2D eigenvalue weighted by Crippen LogP contribution is 2.49. The minimum absolute atomic E-state index is 0.349. The van der Waals surface area contributed by atoms with Crippen LogP contribution in [-0.2, 0) is 4.74 Å². The van der Waals surface area contributed by atoms with Crippen molar-refractivity contribution in [2.75, 3.05) is 32.0 Å². The minimum atomic E-state index is -0.508. The van der Waals surface area contributed by atoms with Gasteiger partial charge in [0.2, 0.25) is 0 Å². The molecular weight excluding hydrogens is 168 g/mol. The number of hydrogen-bond donors (Lipinski definition) is 0. The average molecular weight is 192 g/mol. The highest BCUT2D eigenvalue weighted by atomic mass is 32.3. The summed E-state index contributed by atoms with van der Waals surface area (Å²) in [6.07, 6.45) is 8.17. The van der Waals surface area contributed by atoms with Gasteiger partial charge in [0.1, 0.15) is 0 Å². The van der Waals surface area contributed by atoms with Gasteiger partial charge < -0.3 is 4.74 Å². The van der Waals surface area contributed by atoms with Crippen molar-refractivity contribution in [3.05, 3.63) is 0 Å². The van der Waals surface area contributed by atoms with E-state index in [0.29, 0.717) is 4.75 Å². The Morgan fingerprint density at radius 1 is 1.17 bits per heavy atom. The maximum atomic E-state index is 5.59. The Morgan fingerprint density at radius 3 is 2.00 bits per heavy atom. The van der Waals surface area contributed by atoms with E-state index >= 15 is 0 Å². The van der Waals surface area contributed by atoms with Gasteiger partial charge in [-0.15, -0.1) is 0 Å². The molecule has 0 aromatic rings. The zero-order chi connectivity index (χ0) is 9.83. The molecule has 0 radical (unpaired) electrons. The Kier molecular flexibility index (Phi) is 4.64. The van der Waals surface area contributed by atoms with E-state index in [0.717, 1.165) is 19.6 Å². The van der Waals surface area contributed by atoms with Crippen LogP contribution in [-0.4, -0.2) is 36.7 Å². The van der Waals surface area contributed by atoms with Crippen molar-refractivity contribution in [2.24, 2.45) is 0 Å². The molecule has 0 amide bonds. The molecule has 2 heteroatoms. The maximum Gasteiger partial charge on any atom is 0.0593 e. The number of hydrogen-bond acceptors (Lipinski definition) is 1. The summed E-state index contributed by atoms with van der Waals surface area (Å²) in [7, 11) is -0.508. The molecule has 0 rings (SSSR count). The van der Waals surface area contributed by atoms with Gasteiger partial charge >= 0.3 is 0 Å². The first kappa shape index (κ1) is 12.3. The van der Waals surface area contributed by atoms with Gasteiger partial charge in [0, 0.05) is 11.4 Å². The van der Waals surface area contributed by atoms with Crippen molar-refractivity contribution in [2.45, 2.75) is 31.9 Å². The maximum absolute atomic E-state index is 5.59. The summed E-state index contributed by atoms with van der Waals surface area (Å²) in [5, 5.41) is 0. The summed E-state index contributed by atoms with van der Waals surface area (Å²) in [6, 6.07) is 0. The van der Waals surface area contributed by atoms with E-state index in [2.05, 4.69) is 39.5 Å². The Hall–Kier alpha value is 0.310. The molecule has 1 nitrogen and oxygen atoms in total. The molecule has 0 fully saturated rings. The second kappa shape index (κ2) is 4.52. The van der Waals surface area contributed by atoms with Crippen LogP contribution in [0.1, 0.15) is 27.2 Å². The molecule has 0 saturated carbocycles. The van der Waals surface area contributed by atoms with Gasteiger partial charge in [0.05, 0.1) is 6.61 Å². The zero-order valence-electron chi connectivity index (χ0n) is 9.44. The van der Waals surface area contributed by atoms with Crippen LogP contribution < -0.4 is 0 Å². The van der Waals surface area contributed by atoms with Crippen LogP contribution in [0.3, 0.4) is 0 Å². The summed E-state index contributed by atoms with van der Waals surface area (Å²) >= 11 is 0. The van der Waals surface area contributed by atoms with Crippen LogP contribution in [0.25, 0.3) is 0 Å². The summed E-state index contributed by atoms with van der Waals surface area (Å²) in [6.45, 7) is 8.56. The summed E-state index contributed by atoms with van der Waals surface area (Å²) in [5.41, 5.74) is 0. The normalized spacial score (nSPS) is 14.8. The fourth-order valence-corrected chi connectivity index (χ4v) is 1.08. The number of ether oxygens (including phenoxy) is 1. The highest BCUT2D eigenvalue weighted by Gasteiger charge is 2.28. The third kappa shape index (κ3) is 3.81. The highest BCUT2D eigenvalue weighted by molar-refractivity contribution is 8.33. The molecule has 0 N–H and O–H groups in total. The van der Waals surface area contributed by atoms with E-state index in [9.17, 15) is 0 Å². The van der Waals surface area contributed by atoms with Gasteiger partial charge in [-0.25, -0.2) is 10.0 Å². The van der Waals surface area contributed by atoms with Gasteiger partial charge in [-0.05, 0) is 39.0 Å². The molecule has 0 bridgehead atoms. The van der Waals surface area contributed by atoms with Crippen molar-refractivity contribution in [1.29, 1.82) is 0 Å². The summed E-state index contributed by atoms with van der Waals surface area (Å²) < 4.78 is 5.94. The van der Waals surface area contributed by atoms with Gasteiger partial charge in [0.15, 0.2) is 0 Å². The van der Waals surface area contributed by atoms with E-state index in [1.165, 1.54) is 0 Å². The van der Waals surface area contributed by atoms with Crippen molar-refractivity contribution in [1.82, 2.24) is 0 Å². The van der Waals surface area contributed by atoms with Gasteiger partial charge in [-0.1, -0.05) is 6.92 Å². The predicted octanol–water partition coefficient (Wildman–Crippen LogP) is 2.89. The summed E-state index contributed by atoms with van der Waals surface area (Å²) in [4.78, 5) is 0. The van der Waals surface area contributed by atoms with Crippen LogP contribution in [0.5, 0.6) is 0 Å². The molecule has 0 heterocycles. The molecule has 12 heavy (non-hydrogen) atoms. The van der Waals surface area contributed by atoms with E-state index < -0.39 is 10.0 Å². The van der Waals surface area contributed by atoms with Crippen molar-refractivity contribution < 1.29 is 4.74 Å². The van der Waals surface area contributed by atoms with Crippen molar-refractivity contribution in [3.8, 4) is 0 Å². The fraction of sp³-hybridized carbons (Fsp3) is 1.00. The topological polar surface area (TPSA) is 9.23 Å². The lowest BCUT2D eigenvalue weighted by Crippen LogP contribution is -2.32. The van der Waals surface area contributed by atoms with Crippen LogP contribution in [0.15, 0.2) is 0 Å². The third-order valence-electron chi connectivity index (χ3n) is 2.46. The standard InChI is InChI=1S/C10H24OS/c1-7-8-11-9-10(2,3)12(4,5)6/h7-9H2,1-6H3. The van der Waals surface area contributed by atoms with E-state index in [-0.39, 0.29) is 0 Å². The molecule has 0 spiro atoms. The largest absolute Gasteiger partial charge is 0.380 e. The first-order valence-electron chi connectivity index (χ1n) is 4.57. The average Bonchev–Trinajstić information content (AvgIpc) is 1.85. The summed E-state index contributed by atoms with van der Waals surface area (Å²) in [5.74, 6) is 0. The first-order valence-corrected chi connectivity index (χ1v) is 7.42. The second-order valence-electron chi connectivity index (χ2n) is 4.65. The minimum Gasteiger partial charge on any atom is -0.380 e. The molecule has 0 atom stereocenters. The molecule has 0 saturated heterocycles. The van der Waals surface area contributed by atoms with E-state index in [1.54, 1.807) is 0 Å². The lowest BCUT2D eigenvalue weighted by Gasteiger charge is -2.43. The Balaban J connectivity index is 3.88. The fourth-order valence-electron chi connectivity index (χ4n) is 0.639. The molecule has 0 aromatic heterocycles. The Bertz CT molecular complexity index is 124. The van der Waals surface area contributed by atoms with Crippen LogP contribution in [0.4, 0.5) is 0 Å². The third-order valence-corrected chi connectivity index (χ3v) is 5.89. The lowest BCUT2D eigenvalue weighted by molar-refractivity contribution is 0.119. The molecular formula is C10H24OS. The van der Waals surface area contributed by atoms with Crippen LogP contribution >= 0.6 is 10.0 Å². The monoisotopic (exact) mass is 192 g/mol. The van der Waals surface area contributed by atoms with Crippen molar-refractivity contribution in [3.63, 3.8) is 0 Å². The van der Waals surface area contributed by atoms with Crippen LogP contribution in [0, 0.1) is 0 Å². The molecule has 0 aliphatic rings. The SMILES string of the molecule is CCCOCC(C)(C)S(C)(C)C. The molecule has 0 aliphatic heterocycles. The Labute approximate surface area is 79.2 Å². The first-order chi connectivity index (χ1) is 5.31. The second-order valence-corrected chi connectivity index (χ2v) is 9.43. The molecule has 0 unspecified atom stereocenters. The Morgan fingerprint density at radius 2 is 1.67 bits per heavy atom. The smallest absolute Gasteiger partial charge is 0.0593 e. The van der Waals surface area contributed by atoms with Crippen LogP contribution in [0.2, 0.25) is 0 Å². The zero-order valence-corrected chi connectivity index (χ0v) is 10.3. The van der Waals surface area contributed by atoms with E-state index in [4.69, 9.17) is 4.74 Å². The van der Waals surface area contributed by atoms with E-state index in [1.807, 2.05) is 0 Å². The lowest BCUT2D eigenvalue weighted by atomic mass is 10.2. The quantitative estimate of drug-likeness (QED) is 0.609. The molecule has 0 aromatic carbocycles.